The maximum atomic E-state index is 11.7. The van der Waals surface area contributed by atoms with Crippen molar-refractivity contribution in [3.05, 3.63) is 0 Å². The Bertz CT molecular complexity index is 932. The van der Waals surface area contributed by atoms with E-state index >= 15 is 0 Å². The molecule has 0 spiro atoms. The molecule has 35 heavy (non-hydrogen) atoms. The Morgan fingerprint density at radius 3 is 2.20 bits per heavy atom. The van der Waals surface area contributed by atoms with Crippen LogP contribution in [0.4, 0.5) is 0 Å². The zero-order chi connectivity index (χ0) is 25.1. The molecule has 0 unspecified atom stereocenters. The Labute approximate surface area is 214 Å². The molecule has 0 radical (unpaired) electrons. The molecule has 10 atom stereocenters. The van der Waals surface area contributed by atoms with Crippen LogP contribution < -0.4 is 0 Å². The summed E-state index contributed by atoms with van der Waals surface area (Å²) in [6.45, 7) is 15.2. The second kappa shape index (κ2) is 7.47. The standard InChI is InChI=1S/C32H51NO2/c1-27(2)23-10-13-31(6)24(29(23,4)12-11-25(27)35)8-7-22-26-21(19-28(3)15-16-28)9-14-32(26,33-20-34)18-17-30(22,31)5/h21-26,35H,7-19H2,1-6H3/t21-,22+,23-,24+,25-,26+,29-,30+,31+,32-/m0/s1. The lowest BCUT2D eigenvalue weighted by Gasteiger charge is -2.72. The minimum Gasteiger partial charge on any atom is -0.393 e. The summed E-state index contributed by atoms with van der Waals surface area (Å²) in [5, 5.41) is 11.0. The summed E-state index contributed by atoms with van der Waals surface area (Å²) in [5.41, 5.74) is 1.44. The number of hydrogen-bond donors (Lipinski definition) is 1. The van der Waals surface area contributed by atoms with E-state index in [0.717, 1.165) is 31.1 Å². The van der Waals surface area contributed by atoms with Gasteiger partial charge >= 0.3 is 0 Å². The summed E-state index contributed by atoms with van der Waals surface area (Å²) in [7, 11) is 0. The van der Waals surface area contributed by atoms with E-state index in [1.54, 1.807) is 0 Å². The fraction of sp³-hybridized carbons (Fsp3) is 0.969. The second-order valence-corrected chi connectivity index (χ2v) is 16.2. The predicted octanol–water partition coefficient (Wildman–Crippen LogP) is 7.71. The van der Waals surface area contributed by atoms with Crippen LogP contribution in [0.5, 0.6) is 0 Å². The van der Waals surface area contributed by atoms with Gasteiger partial charge in [0.05, 0.1) is 11.6 Å². The minimum absolute atomic E-state index is 0.0166. The third kappa shape index (κ3) is 3.13. The van der Waals surface area contributed by atoms with E-state index in [1.807, 2.05) is 0 Å². The van der Waals surface area contributed by atoms with Crippen molar-refractivity contribution in [1.82, 2.24) is 0 Å². The van der Waals surface area contributed by atoms with Crippen molar-refractivity contribution in [2.75, 3.05) is 0 Å². The molecule has 6 fully saturated rings. The largest absolute Gasteiger partial charge is 0.393 e. The molecule has 6 saturated carbocycles. The number of hydrogen-bond acceptors (Lipinski definition) is 3. The summed E-state index contributed by atoms with van der Waals surface area (Å²) in [6, 6.07) is 0. The molecule has 0 aliphatic heterocycles. The van der Waals surface area contributed by atoms with Crippen molar-refractivity contribution in [1.29, 1.82) is 0 Å². The van der Waals surface area contributed by atoms with Crippen LogP contribution in [-0.2, 0) is 4.79 Å². The van der Waals surface area contributed by atoms with Crippen LogP contribution in [-0.4, -0.2) is 22.8 Å². The van der Waals surface area contributed by atoms with Gasteiger partial charge < -0.3 is 5.11 Å². The van der Waals surface area contributed by atoms with Crippen LogP contribution >= 0.6 is 0 Å². The van der Waals surface area contributed by atoms with E-state index in [-0.39, 0.29) is 17.1 Å². The van der Waals surface area contributed by atoms with Gasteiger partial charge in [0.15, 0.2) is 0 Å². The molecule has 6 aliphatic rings. The summed E-state index contributed by atoms with van der Waals surface area (Å²) >= 11 is 0. The molecule has 0 bridgehead atoms. The molecule has 3 heteroatoms. The molecule has 196 valence electrons. The fourth-order valence-electron chi connectivity index (χ4n) is 12.3. The van der Waals surface area contributed by atoms with Gasteiger partial charge in [-0.3, -0.25) is 0 Å². The molecule has 0 heterocycles. The molecule has 0 aromatic rings. The minimum atomic E-state index is -0.156. The van der Waals surface area contributed by atoms with Crippen molar-refractivity contribution >= 4 is 6.08 Å². The molecule has 6 aliphatic carbocycles. The van der Waals surface area contributed by atoms with E-state index in [2.05, 4.69) is 47.6 Å². The number of carbonyl (C=O) groups excluding carboxylic acids is 1. The highest BCUT2D eigenvalue weighted by molar-refractivity contribution is 5.36. The highest BCUT2D eigenvalue weighted by Crippen LogP contribution is 2.77. The first-order valence-electron chi connectivity index (χ1n) is 15.1. The highest BCUT2D eigenvalue weighted by atomic mass is 16.3. The summed E-state index contributed by atoms with van der Waals surface area (Å²) in [4.78, 5) is 16.4. The first-order valence-corrected chi connectivity index (χ1v) is 15.1. The number of isocyanates is 1. The van der Waals surface area contributed by atoms with E-state index in [9.17, 15) is 9.90 Å². The van der Waals surface area contributed by atoms with E-state index in [1.165, 1.54) is 64.2 Å². The Balaban J connectivity index is 1.38. The zero-order valence-corrected chi connectivity index (χ0v) is 23.5. The second-order valence-electron chi connectivity index (χ2n) is 16.2. The quantitative estimate of drug-likeness (QED) is 0.331. The number of aliphatic hydroxyl groups excluding tert-OH is 1. The number of nitrogens with zero attached hydrogens (tertiary/aromatic N) is 1. The van der Waals surface area contributed by atoms with Gasteiger partial charge in [-0.05, 0) is 140 Å². The lowest BCUT2D eigenvalue weighted by Crippen LogP contribution is -2.67. The van der Waals surface area contributed by atoms with Crippen LogP contribution in [0.1, 0.15) is 125 Å². The summed E-state index contributed by atoms with van der Waals surface area (Å²) in [6.07, 6.45) is 18.1. The van der Waals surface area contributed by atoms with Crippen molar-refractivity contribution in [2.24, 2.45) is 61.7 Å². The van der Waals surface area contributed by atoms with Crippen LogP contribution in [0.3, 0.4) is 0 Å². The van der Waals surface area contributed by atoms with Gasteiger partial charge in [-0.1, -0.05) is 41.5 Å². The summed E-state index contributed by atoms with van der Waals surface area (Å²) < 4.78 is 0. The van der Waals surface area contributed by atoms with E-state index in [0.29, 0.717) is 39.4 Å². The van der Waals surface area contributed by atoms with Crippen molar-refractivity contribution in [3.8, 4) is 0 Å². The molecule has 0 saturated heterocycles. The molecule has 0 aromatic carbocycles. The Hall–Kier alpha value is -0.660. The van der Waals surface area contributed by atoms with E-state index in [4.69, 9.17) is 4.99 Å². The Morgan fingerprint density at radius 1 is 0.771 bits per heavy atom. The average Bonchev–Trinajstić information content (AvgIpc) is 3.42. The van der Waals surface area contributed by atoms with Gasteiger partial charge in [0, 0.05) is 0 Å². The normalized spacial score (nSPS) is 55.5. The molecular formula is C32H51NO2. The fourth-order valence-corrected chi connectivity index (χ4v) is 12.3. The number of fused-ring (bicyclic) bond motifs is 7. The number of aliphatic hydroxyl groups is 1. The van der Waals surface area contributed by atoms with E-state index < -0.39 is 0 Å². The number of aliphatic imine (C=N–C) groups is 1. The molecule has 6 rings (SSSR count). The first-order chi connectivity index (χ1) is 16.4. The van der Waals surface area contributed by atoms with Gasteiger partial charge in [-0.2, -0.15) is 4.99 Å². The Morgan fingerprint density at radius 2 is 1.51 bits per heavy atom. The Kier molecular flexibility index (Phi) is 5.26. The zero-order valence-electron chi connectivity index (χ0n) is 23.5. The molecule has 3 nitrogen and oxygen atoms in total. The monoisotopic (exact) mass is 481 g/mol. The average molecular weight is 482 g/mol. The van der Waals surface area contributed by atoms with Crippen LogP contribution in [0.2, 0.25) is 0 Å². The molecule has 0 aromatic heterocycles. The van der Waals surface area contributed by atoms with Crippen molar-refractivity contribution in [3.63, 3.8) is 0 Å². The molecule has 1 N–H and O–H groups in total. The van der Waals surface area contributed by atoms with Crippen molar-refractivity contribution in [2.45, 2.75) is 137 Å². The lowest BCUT2D eigenvalue weighted by molar-refractivity contribution is -0.242. The molecule has 0 amide bonds. The van der Waals surface area contributed by atoms with Crippen LogP contribution in [0.15, 0.2) is 4.99 Å². The van der Waals surface area contributed by atoms with Crippen LogP contribution in [0, 0.1) is 56.7 Å². The van der Waals surface area contributed by atoms with Gasteiger partial charge in [0.2, 0.25) is 6.08 Å². The smallest absolute Gasteiger partial charge is 0.235 e. The topological polar surface area (TPSA) is 49.7 Å². The predicted molar refractivity (Wildman–Crippen MR) is 141 cm³/mol. The van der Waals surface area contributed by atoms with Gasteiger partial charge in [-0.25, -0.2) is 4.79 Å². The SMILES string of the molecule is CC1(C[C@@H]2CC[C@]3(N=C=O)CC[C@]4(C)[C@H](CC[C@@H]5[C@@]6(C)CC[C@H](O)C(C)(C)[C@@H]6CC[C@]54C)[C@@H]23)CC1. The van der Waals surface area contributed by atoms with Gasteiger partial charge in [0.1, 0.15) is 0 Å². The summed E-state index contributed by atoms with van der Waals surface area (Å²) in [5.74, 6) is 3.36. The van der Waals surface area contributed by atoms with Crippen molar-refractivity contribution < 1.29 is 9.90 Å². The van der Waals surface area contributed by atoms with Crippen LogP contribution in [0.25, 0.3) is 0 Å². The third-order valence-electron chi connectivity index (χ3n) is 14.6. The first kappa shape index (κ1) is 24.7. The number of rotatable bonds is 3. The maximum Gasteiger partial charge on any atom is 0.235 e. The van der Waals surface area contributed by atoms with Gasteiger partial charge in [-0.15, -0.1) is 0 Å². The van der Waals surface area contributed by atoms with Gasteiger partial charge in [0.25, 0.3) is 0 Å². The molecular weight excluding hydrogens is 430 g/mol. The highest BCUT2D eigenvalue weighted by Gasteiger charge is 2.71. The lowest BCUT2D eigenvalue weighted by atomic mass is 9.32. The maximum absolute atomic E-state index is 11.7. The third-order valence-corrected chi connectivity index (χ3v) is 14.6.